The first-order valence-corrected chi connectivity index (χ1v) is 13.8. The van der Waals surface area contributed by atoms with Crippen molar-refractivity contribution in [3.8, 4) is 11.5 Å². The molecule has 0 saturated carbocycles. The number of piperazine rings is 1. The van der Waals surface area contributed by atoms with Crippen LogP contribution in [0.5, 0.6) is 11.5 Å². The molecule has 4 aromatic rings. The van der Waals surface area contributed by atoms with Gasteiger partial charge in [0.05, 0.1) is 25.7 Å². The van der Waals surface area contributed by atoms with E-state index in [9.17, 15) is 14.9 Å². The smallest absolute Gasteiger partial charge is 0.289 e. The predicted molar refractivity (Wildman–Crippen MR) is 159 cm³/mol. The van der Waals surface area contributed by atoms with Crippen LogP contribution in [0, 0.1) is 10.1 Å². The largest absolute Gasteiger partial charge is 0.497 e. The van der Waals surface area contributed by atoms with Crippen molar-refractivity contribution in [1.29, 1.82) is 0 Å². The summed E-state index contributed by atoms with van der Waals surface area (Å²) in [4.78, 5) is 30.0. The summed E-state index contributed by atoms with van der Waals surface area (Å²) < 4.78 is 17.1. The van der Waals surface area contributed by atoms with E-state index in [1.165, 1.54) is 12.1 Å². The molecular formula is C32H34N4O6. The monoisotopic (exact) mass is 570 g/mol. The average Bonchev–Trinajstić information content (AvgIpc) is 3.49. The van der Waals surface area contributed by atoms with Crippen molar-refractivity contribution in [3.63, 3.8) is 0 Å². The Balaban J connectivity index is 1.25. The molecule has 1 amide bonds. The van der Waals surface area contributed by atoms with Gasteiger partial charge in [-0.25, -0.2) is 0 Å². The lowest BCUT2D eigenvalue weighted by atomic mass is 10.1. The highest BCUT2D eigenvalue weighted by molar-refractivity contribution is 5.91. The summed E-state index contributed by atoms with van der Waals surface area (Å²) in [5.74, 6) is 2.39. The molecule has 2 heterocycles. The van der Waals surface area contributed by atoms with E-state index in [1.807, 2.05) is 42.5 Å². The van der Waals surface area contributed by atoms with Crippen molar-refractivity contribution in [2.75, 3.05) is 45.3 Å². The van der Waals surface area contributed by atoms with Crippen LogP contribution in [0.4, 0.5) is 11.4 Å². The van der Waals surface area contributed by atoms with E-state index in [0.717, 1.165) is 28.3 Å². The summed E-state index contributed by atoms with van der Waals surface area (Å²) in [7, 11) is 3.30. The van der Waals surface area contributed by atoms with E-state index in [2.05, 4.69) is 21.9 Å². The maximum atomic E-state index is 13.3. The van der Waals surface area contributed by atoms with E-state index in [1.54, 1.807) is 37.3 Å². The minimum Gasteiger partial charge on any atom is -0.497 e. The Hall–Kier alpha value is -4.83. The van der Waals surface area contributed by atoms with Crippen molar-refractivity contribution in [2.24, 2.45) is 0 Å². The molecule has 1 aliphatic heterocycles. The molecule has 0 aliphatic carbocycles. The quantitative estimate of drug-likeness (QED) is 0.175. The SMILES string of the molecule is COc1ccc(OC)c(CN(Cc2ccccc2)Cc2ccc(C(=O)N3CCN(c4ccc([N+](=O)[O-])cc4)CC3)o2)c1. The molecule has 1 saturated heterocycles. The zero-order chi connectivity index (χ0) is 29.5. The van der Waals surface area contributed by atoms with E-state index in [4.69, 9.17) is 13.9 Å². The number of anilines is 1. The molecule has 0 atom stereocenters. The fraction of sp³-hybridized carbons (Fsp3) is 0.281. The molecule has 0 N–H and O–H groups in total. The van der Waals surface area contributed by atoms with Crippen LogP contribution >= 0.6 is 0 Å². The fourth-order valence-corrected chi connectivity index (χ4v) is 5.16. The van der Waals surface area contributed by atoms with Crippen molar-refractivity contribution in [3.05, 3.63) is 118 Å². The van der Waals surface area contributed by atoms with Crippen LogP contribution in [-0.4, -0.2) is 61.0 Å². The first-order chi connectivity index (χ1) is 20.4. The van der Waals surface area contributed by atoms with Gasteiger partial charge in [-0.2, -0.15) is 0 Å². The number of non-ortho nitro benzene ring substituents is 1. The number of benzene rings is 3. The Morgan fingerprint density at radius 1 is 0.881 bits per heavy atom. The van der Waals surface area contributed by atoms with Crippen LogP contribution in [0.2, 0.25) is 0 Å². The molecule has 0 spiro atoms. The van der Waals surface area contributed by atoms with E-state index >= 15 is 0 Å². The normalized spacial score (nSPS) is 13.3. The Morgan fingerprint density at radius 3 is 2.29 bits per heavy atom. The molecular weight excluding hydrogens is 536 g/mol. The van der Waals surface area contributed by atoms with Gasteiger partial charge in [0.25, 0.3) is 11.6 Å². The molecule has 1 aliphatic rings. The average molecular weight is 571 g/mol. The second-order valence-electron chi connectivity index (χ2n) is 10.1. The van der Waals surface area contributed by atoms with Gasteiger partial charge in [0.15, 0.2) is 5.76 Å². The maximum absolute atomic E-state index is 13.3. The van der Waals surface area contributed by atoms with Crippen LogP contribution < -0.4 is 14.4 Å². The molecule has 1 aromatic heterocycles. The maximum Gasteiger partial charge on any atom is 0.289 e. The van der Waals surface area contributed by atoms with Gasteiger partial charge < -0.3 is 23.7 Å². The Kier molecular flexibility index (Phi) is 9.03. The van der Waals surface area contributed by atoms with Crippen molar-refractivity contribution >= 4 is 17.3 Å². The van der Waals surface area contributed by atoms with Crippen molar-refractivity contribution < 1.29 is 23.6 Å². The second kappa shape index (κ2) is 13.2. The number of hydrogen-bond donors (Lipinski definition) is 0. The highest BCUT2D eigenvalue weighted by Gasteiger charge is 2.25. The van der Waals surface area contributed by atoms with Gasteiger partial charge in [-0.3, -0.25) is 19.8 Å². The molecule has 10 heteroatoms. The highest BCUT2D eigenvalue weighted by atomic mass is 16.6. The Morgan fingerprint density at radius 2 is 1.62 bits per heavy atom. The first-order valence-electron chi connectivity index (χ1n) is 13.8. The zero-order valence-electron chi connectivity index (χ0n) is 23.8. The van der Waals surface area contributed by atoms with E-state index < -0.39 is 4.92 Å². The number of methoxy groups -OCH3 is 2. The number of hydrogen-bond acceptors (Lipinski definition) is 8. The van der Waals surface area contributed by atoms with Crippen LogP contribution in [-0.2, 0) is 19.6 Å². The molecule has 0 unspecified atom stereocenters. The van der Waals surface area contributed by atoms with Gasteiger partial charge in [0, 0.05) is 62.7 Å². The third kappa shape index (κ3) is 6.90. The molecule has 0 radical (unpaired) electrons. The minimum atomic E-state index is -0.408. The van der Waals surface area contributed by atoms with Gasteiger partial charge in [0.2, 0.25) is 0 Å². The van der Waals surface area contributed by atoms with Crippen LogP contribution in [0.15, 0.2) is 89.3 Å². The van der Waals surface area contributed by atoms with Gasteiger partial charge in [0.1, 0.15) is 17.3 Å². The lowest BCUT2D eigenvalue weighted by Crippen LogP contribution is -2.48. The summed E-state index contributed by atoms with van der Waals surface area (Å²) in [5, 5.41) is 10.9. The Bertz CT molecular complexity index is 1500. The number of nitrogens with zero attached hydrogens (tertiary/aromatic N) is 4. The topological polar surface area (TPSA) is 102 Å². The summed E-state index contributed by atoms with van der Waals surface area (Å²) >= 11 is 0. The van der Waals surface area contributed by atoms with Gasteiger partial charge >= 0.3 is 0 Å². The van der Waals surface area contributed by atoms with Crippen molar-refractivity contribution in [2.45, 2.75) is 19.6 Å². The van der Waals surface area contributed by atoms with Gasteiger partial charge in [-0.1, -0.05) is 30.3 Å². The number of rotatable bonds is 11. The number of carbonyl (C=O) groups is 1. The van der Waals surface area contributed by atoms with Crippen LogP contribution in [0.1, 0.15) is 27.4 Å². The third-order valence-corrected chi connectivity index (χ3v) is 7.37. The molecule has 218 valence electrons. The zero-order valence-corrected chi connectivity index (χ0v) is 23.8. The molecule has 1 fully saturated rings. The highest BCUT2D eigenvalue weighted by Crippen LogP contribution is 2.27. The van der Waals surface area contributed by atoms with Gasteiger partial charge in [-0.05, 0) is 48.0 Å². The van der Waals surface area contributed by atoms with Gasteiger partial charge in [-0.15, -0.1) is 0 Å². The molecule has 42 heavy (non-hydrogen) atoms. The lowest BCUT2D eigenvalue weighted by Gasteiger charge is -2.35. The second-order valence-corrected chi connectivity index (χ2v) is 10.1. The molecule has 3 aromatic carbocycles. The first kappa shape index (κ1) is 28.7. The number of ether oxygens (including phenoxy) is 2. The Labute approximate surface area is 244 Å². The molecule has 5 rings (SSSR count). The van der Waals surface area contributed by atoms with E-state index in [0.29, 0.717) is 57.3 Å². The standard InChI is InChI=1S/C32H34N4O6/c1-40-28-12-14-30(41-2)25(20-28)22-33(21-24-6-4-3-5-7-24)23-29-13-15-31(42-29)32(37)35-18-16-34(17-19-35)26-8-10-27(11-9-26)36(38)39/h3-15,20H,16-19,21-23H2,1-2H3. The van der Waals surface area contributed by atoms with Crippen LogP contribution in [0.3, 0.4) is 0 Å². The van der Waals surface area contributed by atoms with E-state index in [-0.39, 0.29) is 11.6 Å². The third-order valence-electron chi connectivity index (χ3n) is 7.37. The van der Waals surface area contributed by atoms with Crippen LogP contribution in [0.25, 0.3) is 0 Å². The predicted octanol–water partition coefficient (Wildman–Crippen LogP) is 5.37. The summed E-state index contributed by atoms with van der Waals surface area (Å²) in [6.45, 7) is 4.08. The number of carbonyl (C=O) groups excluding carboxylic acids is 1. The van der Waals surface area contributed by atoms with Crippen molar-refractivity contribution in [1.82, 2.24) is 9.80 Å². The lowest BCUT2D eigenvalue weighted by molar-refractivity contribution is -0.384. The summed E-state index contributed by atoms with van der Waals surface area (Å²) in [5.41, 5.74) is 3.11. The fourth-order valence-electron chi connectivity index (χ4n) is 5.16. The molecule has 10 nitrogen and oxygen atoms in total. The molecule has 0 bridgehead atoms. The number of nitro benzene ring substituents is 1. The number of amides is 1. The number of furan rings is 1. The summed E-state index contributed by atoms with van der Waals surface area (Å²) in [6, 6.07) is 26.1. The minimum absolute atomic E-state index is 0.0613. The number of nitro groups is 1. The summed E-state index contributed by atoms with van der Waals surface area (Å²) in [6.07, 6.45) is 0.